The zero-order chi connectivity index (χ0) is 17.2. The molecule has 0 aromatic heterocycles. The Bertz CT molecular complexity index is 696. The van der Waals surface area contributed by atoms with Crippen molar-refractivity contribution in [3.05, 3.63) is 59.7 Å². The highest BCUT2D eigenvalue weighted by Crippen LogP contribution is 2.15. The van der Waals surface area contributed by atoms with Crippen LogP contribution in [0.2, 0.25) is 0 Å². The summed E-state index contributed by atoms with van der Waals surface area (Å²) in [5.74, 6) is 0.456. The number of nitrogens with zero attached hydrogens (tertiary/aromatic N) is 2. The molecule has 0 aliphatic rings. The number of rotatable bonds is 8. The van der Waals surface area contributed by atoms with E-state index < -0.39 is 0 Å². The van der Waals surface area contributed by atoms with Gasteiger partial charge in [0.1, 0.15) is 11.5 Å². The molecule has 0 aliphatic heterocycles. The number of hydrogen-bond donors (Lipinski definition) is 2. The molecule has 4 heteroatoms. The van der Waals surface area contributed by atoms with Gasteiger partial charge in [0, 0.05) is 23.6 Å². The second-order valence-electron chi connectivity index (χ2n) is 5.69. The van der Waals surface area contributed by atoms with Crippen LogP contribution in [0.25, 0.3) is 0 Å². The first kappa shape index (κ1) is 17.7. The molecule has 126 valence electrons. The Morgan fingerprint density at radius 1 is 0.917 bits per heavy atom. The zero-order valence-corrected chi connectivity index (χ0v) is 14.0. The van der Waals surface area contributed by atoms with Crippen LogP contribution in [0.4, 0.5) is 0 Å². The lowest BCUT2D eigenvalue weighted by Crippen LogP contribution is -2.10. The highest BCUT2D eigenvalue weighted by molar-refractivity contribution is 5.84. The largest absolute Gasteiger partial charge is 0.507 e. The van der Waals surface area contributed by atoms with Crippen molar-refractivity contribution in [2.24, 2.45) is 9.98 Å². The third-order valence-electron chi connectivity index (χ3n) is 3.74. The second kappa shape index (κ2) is 9.50. The topological polar surface area (TPSA) is 65.2 Å². The minimum atomic E-state index is 0.0617. The molecule has 0 aliphatic carbocycles. The van der Waals surface area contributed by atoms with Crippen molar-refractivity contribution in [1.82, 2.24) is 0 Å². The summed E-state index contributed by atoms with van der Waals surface area (Å²) in [5.41, 5.74) is 1.42. The fraction of sp³-hybridized carbons (Fsp3) is 0.300. The van der Waals surface area contributed by atoms with E-state index >= 15 is 0 Å². The molecule has 0 amide bonds. The Morgan fingerprint density at radius 2 is 1.50 bits per heavy atom. The van der Waals surface area contributed by atoms with Crippen molar-refractivity contribution in [3.8, 4) is 11.5 Å². The van der Waals surface area contributed by atoms with E-state index in [1.54, 1.807) is 36.7 Å². The van der Waals surface area contributed by atoms with Gasteiger partial charge in [0.15, 0.2) is 0 Å². The Hall–Kier alpha value is -2.62. The van der Waals surface area contributed by atoms with E-state index in [-0.39, 0.29) is 17.5 Å². The lowest BCUT2D eigenvalue weighted by molar-refractivity contribution is 0.473. The normalized spacial score (nSPS) is 12.9. The highest BCUT2D eigenvalue weighted by atomic mass is 16.3. The summed E-state index contributed by atoms with van der Waals surface area (Å²) in [6.07, 6.45) is 6.52. The van der Waals surface area contributed by atoms with Gasteiger partial charge < -0.3 is 10.2 Å². The van der Waals surface area contributed by atoms with Crippen molar-refractivity contribution >= 4 is 12.4 Å². The van der Waals surface area contributed by atoms with E-state index in [1.807, 2.05) is 24.3 Å². The van der Waals surface area contributed by atoms with Crippen LogP contribution in [0.1, 0.15) is 37.3 Å². The summed E-state index contributed by atoms with van der Waals surface area (Å²) in [5, 5.41) is 19.6. The molecule has 0 heterocycles. The summed E-state index contributed by atoms with van der Waals surface area (Å²) >= 11 is 0. The number of aliphatic imine (C=N–C) groups is 2. The van der Waals surface area contributed by atoms with Crippen molar-refractivity contribution in [3.63, 3.8) is 0 Å². The van der Waals surface area contributed by atoms with Gasteiger partial charge >= 0.3 is 0 Å². The van der Waals surface area contributed by atoms with Crippen molar-refractivity contribution in [2.45, 2.75) is 32.2 Å². The summed E-state index contributed by atoms with van der Waals surface area (Å²) in [4.78, 5) is 9.01. The van der Waals surface area contributed by atoms with Crippen molar-refractivity contribution in [2.75, 3.05) is 6.54 Å². The number of phenols is 2. The zero-order valence-electron chi connectivity index (χ0n) is 14.0. The number of aromatic hydroxyl groups is 2. The van der Waals surface area contributed by atoms with Crippen LogP contribution in [0, 0.1) is 0 Å². The summed E-state index contributed by atoms with van der Waals surface area (Å²) in [6, 6.07) is 14.3. The van der Waals surface area contributed by atoms with Gasteiger partial charge in [0.25, 0.3) is 0 Å². The van der Waals surface area contributed by atoms with Gasteiger partial charge in [0.2, 0.25) is 0 Å². The highest BCUT2D eigenvalue weighted by Gasteiger charge is 2.05. The third kappa shape index (κ3) is 5.54. The molecule has 24 heavy (non-hydrogen) atoms. The molecule has 0 spiro atoms. The first-order valence-corrected chi connectivity index (χ1v) is 8.29. The molecule has 2 rings (SSSR count). The minimum Gasteiger partial charge on any atom is -0.507 e. The summed E-state index contributed by atoms with van der Waals surface area (Å²) < 4.78 is 0. The lowest BCUT2D eigenvalue weighted by atomic mass is 10.1. The van der Waals surface area contributed by atoms with E-state index in [1.165, 1.54) is 0 Å². The molecule has 1 atom stereocenters. The fourth-order valence-corrected chi connectivity index (χ4v) is 2.30. The molecule has 0 fully saturated rings. The number of benzene rings is 2. The van der Waals surface area contributed by atoms with Crippen molar-refractivity contribution < 1.29 is 10.2 Å². The number of unbranched alkanes of at least 4 members (excludes halogenated alkanes) is 1. The van der Waals surface area contributed by atoms with Crippen molar-refractivity contribution in [1.29, 1.82) is 0 Å². The maximum Gasteiger partial charge on any atom is 0.124 e. The number of para-hydroxylation sites is 2. The summed E-state index contributed by atoms with van der Waals surface area (Å²) in [7, 11) is 0. The Balaban J connectivity index is 2.03. The van der Waals surface area contributed by atoms with Gasteiger partial charge in [-0.2, -0.15) is 0 Å². The van der Waals surface area contributed by atoms with Gasteiger partial charge in [-0.25, -0.2) is 0 Å². The molecule has 0 bridgehead atoms. The Morgan fingerprint density at radius 3 is 2.08 bits per heavy atom. The number of phenolic OH excluding ortho intramolecular Hbond substituents is 2. The third-order valence-corrected chi connectivity index (χ3v) is 3.74. The molecule has 2 aromatic carbocycles. The van der Waals surface area contributed by atoms with Gasteiger partial charge in [-0.05, 0) is 30.7 Å². The monoisotopic (exact) mass is 324 g/mol. The molecule has 2 aromatic rings. The van der Waals surface area contributed by atoms with E-state index in [9.17, 15) is 10.2 Å². The molecular weight excluding hydrogens is 300 g/mol. The predicted octanol–water partition coefficient (Wildman–Crippen LogP) is 4.19. The molecule has 0 saturated heterocycles. The lowest BCUT2D eigenvalue weighted by Gasteiger charge is -2.09. The molecule has 0 radical (unpaired) electrons. The maximum atomic E-state index is 9.81. The van der Waals surface area contributed by atoms with Crippen LogP contribution in [-0.4, -0.2) is 35.2 Å². The van der Waals surface area contributed by atoms with Crippen LogP contribution in [0.5, 0.6) is 11.5 Å². The van der Waals surface area contributed by atoms with E-state index in [0.29, 0.717) is 17.7 Å². The van der Waals surface area contributed by atoms with Gasteiger partial charge in [0.05, 0.1) is 12.6 Å². The van der Waals surface area contributed by atoms with Gasteiger partial charge in [-0.1, -0.05) is 44.0 Å². The minimum absolute atomic E-state index is 0.0617. The Labute approximate surface area is 143 Å². The molecule has 2 N–H and O–H groups in total. The number of hydrogen-bond acceptors (Lipinski definition) is 4. The van der Waals surface area contributed by atoms with Crippen LogP contribution in [0.3, 0.4) is 0 Å². The van der Waals surface area contributed by atoms with E-state index in [4.69, 9.17) is 0 Å². The first-order chi connectivity index (χ1) is 11.7. The fourth-order valence-electron chi connectivity index (χ4n) is 2.30. The van der Waals surface area contributed by atoms with Crippen LogP contribution in [0.15, 0.2) is 58.5 Å². The SMILES string of the molecule is CCCCC(CN=Cc1ccccc1O)N=Cc1ccccc1O. The van der Waals surface area contributed by atoms with Crippen LogP contribution in [-0.2, 0) is 0 Å². The van der Waals surface area contributed by atoms with Gasteiger partial charge in [-0.3, -0.25) is 9.98 Å². The molecular formula is C20H24N2O2. The van der Waals surface area contributed by atoms with Crippen LogP contribution < -0.4 is 0 Å². The van der Waals surface area contributed by atoms with E-state index in [0.717, 1.165) is 19.3 Å². The molecule has 4 nitrogen and oxygen atoms in total. The van der Waals surface area contributed by atoms with Gasteiger partial charge in [-0.15, -0.1) is 0 Å². The standard InChI is InChI=1S/C20H24N2O2/c1-2-3-10-18(22-14-17-9-5-7-12-20(17)24)15-21-13-16-8-4-6-11-19(16)23/h4-9,11-14,18,23-24H,2-3,10,15H2,1H3. The Kier molecular flexibility index (Phi) is 7.02. The molecule has 0 saturated carbocycles. The summed E-state index contributed by atoms with van der Waals surface area (Å²) in [6.45, 7) is 2.70. The smallest absolute Gasteiger partial charge is 0.124 e. The van der Waals surface area contributed by atoms with Crippen LogP contribution >= 0.6 is 0 Å². The average molecular weight is 324 g/mol. The maximum absolute atomic E-state index is 9.81. The molecule has 1 unspecified atom stereocenters. The predicted molar refractivity (Wildman–Crippen MR) is 99.6 cm³/mol. The van der Waals surface area contributed by atoms with E-state index in [2.05, 4.69) is 16.9 Å². The quantitative estimate of drug-likeness (QED) is 0.715. The average Bonchev–Trinajstić information content (AvgIpc) is 2.59. The second-order valence-corrected chi connectivity index (χ2v) is 5.69. The first-order valence-electron chi connectivity index (χ1n) is 8.29.